The minimum atomic E-state index is -0.604. The van der Waals surface area contributed by atoms with Gasteiger partial charge in [-0.3, -0.25) is 4.29 Å². The van der Waals surface area contributed by atoms with Gasteiger partial charge in [0.25, 0.3) is 0 Å². The quantitative estimate of drug-likeness (QED) is 0.630. The van der Waals surface area contributed by atoms with Crippen LogP contribution in [0.4, 0.5) is 0 Å². The molecule has 0 aliphatic heterocycles. The first-order chi connectivity index (χ1) is 5.73. The molecular formula is C9H11ClO2. The molecule has 1 aliphatic rings. The van der Waals surface area contributed by atoms with Crippen molar-refractivity contribution in [3.05, 3.63) is 24.3 Å². The number of carbonyl (C=O) groups is 1. The second-order valence-electron chi connectivity index (χ2n) is 3.06. The van der Waals surface area contributed by atoms with E-state index in [1.165, 1.54) is 0 Å². The number of allylic oxidation sites excluding steroid dienone is 2. The Bertz CT molecular complexity index is 211. The Morgan fingerprint density at radius 3 is 2.58 bits per heavy atom. The molecule has 0 aromatic carbocycles. The molecule has 12 heavy (non-hydrogen) atoms. The molecule has 1 aliphatic carbocycles. The van der Waals surface area contributed by atoms with E-state index in [0.29, 0.717) is 6.42 Å². The van der Waals surface area contributed by atoms with Crippen LogP contribution in [0.3, 0.4) is 0 Å². The molecule has 0 radical (unpaired) electrons. The zero-order valence-electron chi connectivity index (χ0n) is 6.87. The van der Waals surface area contributed by atoms with Gasteiger partial charge in [0.05, 0.1) is 11.9 Å². The summed E-state index contributed by atoms with van der Waals surface area (Å²) < 4.78 is 4.80. The summed E-state index contributed by atoms with van der Waals surface area (Å²) in [6.45, 7) is 1.82. The lowest BCUT2D eigenvalue weighted by Crippen LogP contribution is -2.33. The van der Waals surface area contributed by atoms with Crippen LogP contribution in [0.1, 0.15) is 13.3 Å². The normalized spacial score (nSPS) is 21.2. The summed E-state index contributed by atoms with van der Waals surface area (Å²) in [5, 5.41) is 0. The van der Waals surface area contributed by atoms with E-state index in [4.69, 9.17) is 16.2 Å². The van der Waals surface area contributed by atoms with Gasteiger partial charge in [-0.2, -0.15) is 0 Å². The first-order valence-corrected chi connectivity index (χ1v) is 4.12. The van der Waals surface area contributed by atoms with Crippen molar-refractivity contribution < 1.29 is 9.08 Å². The molecule has 0 bridgehead atoms. The zero-order chi connectivity index (χ0) is 9.03. The molecule has 0 saturated heterocycles. The maximum absolute atomic E-state index is 10.3. The highest BCUT2D eigenvalue weighted by Crippen LogP contribution is 2.30. The molecule has 1 atom stereocenters. The van der Waals surface area contributed by atoms with Crippen molar-refractivity contribution >= 4 is 18.2 Å². The van der Waals surface area contributed by atoms with Gasteiger partial charge in [-0.15, -0.1) is 0 Å². The molecule has 0 heterocycles. The van der Waals surface area contributed by atoms with Crippen LogP contribution in [0.5, 0.6) is 0 Å². The molecule has 0 aromatic rings. The van der Waals surface area contributed by atoms with E-state index in [-0.39, 0.29) is 5.92 Å². The topological polar surface area (TPSA) is 26.3 Å². The van der Waals surface area contributed by atoms with Gasteiger partial charge in [-0.25, -0.2) is 0 Å². The summed E-state index contributed by atoms with van der Waals surface area (Å²) in [7, 11) is 0. The second kappa shape index (κ2) is 3.87. The Hall–Kier alpha value is -0.600. The molecule has 0 aromatic heterocycles. The standard InChI is InChI=1S/C9H11ClO2/c1-9(12-10,6-7-11)8-4-2-3-5-8/h2-5,7-8H,6H2,1H3. The van der Waals surface area contributed by atoms with Crippen molar-refractivity contribution in [2.45, 2.75) is 18.9 Å². The molecule has 1 unspecified atom stereocenters. The van der Waals surface area contributed by atoms with Gasteiger partial charge in [0.2, 0.25) is 0 Å². The summed E-state index contributed by atoms with van der Waals surface area (Å²) in [5.41, 5.74) is -0.604. The van der Waals surface area contributed by atoms with E-state index in [1.54, 1.807) is 0 Å². The highest BCUT2D eigenvalue weighted by Gasteiger charge is 2.32. The average molecular weight is 187 g/mol. The van der Waals surface area contributed by atoms with Crippen LogP contribution in [-0.2, 0) is 9.08 Å². The third-order valence-corrected chi connectivity index (χ3v) is 2.47. The molecule has 0 spiro atoms. The SMILES string of the molecule is CC(CC=O)(OCl)C1C=CC=C1. The molecule has 1 rings (SSSR count). The Balaban J connectivity index is 2.71. The van der Waals surface area contributed by atoms with E-state index >= 15 is 0 Å². The van der Waals surface area contributed by atoms with Crippen LogP contribution in [0, 0.1) is 5.92 Å². The number of halogens is 1. The second-order valence-corrected chi connectivity index (χ2v) is 3.21. The number of carbonyl (C=O) groups excluding carboxylic acids is 1. The van der Waals surface area contributed by atoms with Gasteiger partial charge < -0.3 is 4.79 Å². The molecule has 0 fully saturated rings. The fourth-order valence-electron chi connectivity index (χ4n) is 1.22. The van der Waals surface area contributed by atoms with Crippen molar-refractivity contribution in [3.63, 3.8) is 0 Å². The predicted octanol–water partition coefficient (Wildman–Crippen LogP) is 2.25. The van der Waals surface area contributed by atoms with Gasteiger partial charge in [-0.1, -0.05) is 24.3 Å². The van der Waals surface area contributed by atoms with Crippen LogP contribution in [0.2, 0.25) is 0 Å². The maximum Gasteiger partial charge on any atom is 0.122 e. The predicted molar refractivity (Wildman–Crippen MR) is 47.8 cm³/mol. The summed E-state index contributed by atoms with van der Waals surface area (Å²) in [6, 6.07) is 0. The van der Waals surface area contributed by atoms with Crippen molar-refractivity contribution in [1.82, 2.24) is 0 Å². The highest BCUT2D eigenvalue weighted by atomic mass is 35.5. The van der Waals surface area contributed by atoms with Gasteiger partial charge in [0, 0.05) is 12.3 Å². The van der Waals surface area contributed by atoms with Crippen LogP contribution in [0.25, 0.3) is 0 Å². The smallest absolute Gasteiger partial charge is 0.122 e. The monoisotopic (exact) mass is 186 g/mol. The highest BCUT2D eigenvalue weighted by molar-refractivity contribution is 6.07. The van der Waals surface area contributed by atoms with Crippen LogP contribution >= 0.6 is 11.9 Å². The lowest BCUT2D eigenvalue weighted by Gasteiger charge is -2.27. The molecule has 0 saturated carbocycles. The summed E-state index contributed by atoms with van der Waals surface area (Å²) in [5.74, 6) is 0.0974. The van der Waals surface area contributed by atoms with E-state index in [9.17, 15) is 4.79 Å². The van der Waals surface area contributed by atoms with E-state index in [1.807, 2.05) is 31.2 Å². The Morgan fingerprint density at radius 1 is 1.58 bits per heavy atom. The van der Waals surface area contributed by atoms with Gasteiger partial charge in [-0.05, 0) is 6.92 Å². The molecule has 66 valence electrons. The maximum atomic E-state index is 10.3. The fourth-order valence-corrected chi connectivity index (χ4v) is 1.39. The summed E-state index contributed by atoms with van der Waals surface area (Å²) in [4.78, 5) is 10.3. The average Bonchev–Trinajstić information content (AvgIpc) is 2.57. The Labute approximate surface area is 77.0 Å². The fraction of sp³-hybridized carbons (Fsp3) is 0.444. The number of hydrogen-bond donors (Lipinski definition) is 0. The minimum absolute atomic E-state index is 0.0974. The largest absolute Gasteiger partial charge is 0.303 e. The summed E-state index contributed by atoms with van der Waals surface area (Å²) >= 11 is 5.34. The molecule has 0 amide bonds. The summed E-state index contributed by atoms with van der Waals surface area (Å²) in [6.07, 6.45) is 8.89. The van der Waals surface area contributed by atoms with Gasteiger partial charge in [0.1, 0.15) is 11.9 Å². The van der Waals surface area contributed by atoms with Crippen LogP contribution in [0.15, 0.2) is 24.3 Å². The minimum Gasteiger partial charge on any atom is -0.303 e. The zero-order valence-corrected chi connectivity index (χ0v) is 7.62. The van der Waals surface area contributed by atoms with Crippen molar-refractivity contribution in [1.29, 1.82) is 0 Å². The van der Waals surface area contributed by atoms with Crippen molar-refractivity contribution in [2.75, 3.05) is 0 Å². The number of hydrogen-bond acceptors (Lipinski definition) is 2. The van der Waals surface area contributed by atoms with Crippen LogP contribution < -0.4 is 0 Å². The Kier molecular flexibility index (Phi) is 3.06. The van der Waals surface area contributed by atoms with Crippen molar-refractivity contribution in [3.8, 4) is 0 Å². The number of rotatable bonds is 4. The van der Waals surface area contributed by atoms with E-state index < -0.39 is 5.60 Å². The molecule has 0 N–H and O–H groups in total. The lowest BCUT2D eigenvalue weighted by molar-refractivity contribution is -0.111. The first kappa shape index (κ1) is 9.49. The van der Waals surface area contributed by atoms with E-state index in [2.05, 4.69) is 0 Å². The lowest BCUT2D eigenvalue weighted by atomic mass is 9.88. The molecule has 3 heteroatoms. The van der Waals surface area contributed by atoms with Gasteiger partial charge >= 0.3 is 0 Å². The van der Waals surface area contributed by atoms with Crippen molar-refractivity contribution in [2.24, 2.45) is 5.92 Å². The number of aldehydes is 1. The van der Waals surface area contributed by atoms with Gasteiger partial charge in [0.15, 0.2) is 0 Å². The molecular weight excluding hydrogens is 176 g/mol. The Morgan fingerprint density at radius 2 is 2.17 bits per heavy atom. The third-order valence-electron chi connectivity index (χ3n) is 2.12. The third kappa shape index (κ3) is 1.76. The van der Waals surface area contributed by atoms with E-state index in [0.717, 1.165) is 6.29 Å². The molecule has 2 nitrogen and oxygen atoms in total. The first-order valence-electron chi connectivity index (χ1n) is 3.81. The van der Waals surface area contributed by atoms with Crippen LogP contribution in [-0.4, -0.2) is 11.9 Å².